The van der Waals surface area contributed by atoms with E-state index in [1.807, 2.05) is 13.8 Å². The van der Waals surface area contributed by atoms with Crippen molar-refractivity contribution >= 4 is 11.6 Å². The Morgan fingerprint density at radius 1 is 1.13 bits per heavy atom. The minimum atomic E-state index is -0.0582. The minimum absolute atomic E-state index is 0.0582. The summed E-state index contributed by atoms with van der Waals surface area (Å²) in [4.78, 5) is 0. The molecule has 0 amide bonds. The molecule has 0 aliphatic rings. The molecule has 0 saturated heterocycles. The van der Waals surface area contributed by atoms with Crippen molar-refractivity contribution in [1.82, 2.24) is 0 Å². The van der Waals surface area contributed by atoms with Crippen LogP contribution in [0.5, 0.6) is 11.5 Å². The lowest BCUT2D eigenvalue weighted by atomic mass is 10.2. The summed E-state index contributed by atoms with van der Waals surface area (Å²) < 4.78 is 10.7. The second-order valence-corrected chi connectivity index (χ2v) is 3.31. The van der Waals surface area contributed by atoms with Crippen LogP contribution < -0.4 is 9.47 Å². The van der Waals surface area contributed by atoms with E-state index in [2.05, 4.69) is 0 Å². The second-order valence-electron chi connectivity index (χ2n) is 2.93. The van der Waals surface area contributed by atoms with Crippen molar-refractivity contribution in [3.05, 3.63) is 22.7 Å². The van der Waals surface area contributed by atoms with Gasteiger partial charge in [0.25, 0.3) is 0 Å². The highest BCUT2D eigenvalue weighted by atomic mass is 35.5. The van der Waals surface area contributed by atoms with E-state index in [9.17, 15) is 0 Å². The summed E-state index contributed by atoms with van der Waals surface area (Å²) in [5, 5.41) is 9.51. The number of rotatable bonds is 5. The van der Waals surface area contributed by atoms with Gasteiger partial charge in [0.1, 0.15) is 16.5 Å². The maximum absolute atomic E-state index is 9.06. The summed E-state index contributed by atoms with van der Waals surface area (Å²) >= 11 is 6.06. The highest BCUT2D eigenvalue weighted by molar-refractivity contribution is 6.33. The summed E-state index contributed by atoms with van der Waals surface area (Å²) in [6.45, 7) is 4.75. The Kier molecular flexibility index (Phi) is 4.72. The molecule has 0 bridgehead atoms. The van der Waals surface area contributed by atoms with Gasteiger partial charge in [0.05, 0.1) is 19.8 Å². The molecule has 0 spiro atoms. The van der Waals surface area contributed by atoms with Gasteiger partial charge in [-0.25, -0.2) is 0 Å². The zero-order valence-electron chi connectivity index (χ0n) is 8.92. The first-order valence-electron chi connectivity index (χ1n) is 4.91. The fourth-order valence-corrected chi connectivity index (χ4v) is 1.46. The van der Waals surface area contributed by atoms with Gasteiger partial charge in [0, 0.05) is 0 Å². The van der Waals surface area contributed by atoms with Crippen LogP contribution in [0, 0.1) is 0 Å². The van der Waals surface area contributed by atoms with Gasteiger partial charge >= 0.3 is 0 Å². The fourth-order valence-electron chi connectivity index (χ4n) is 1.24. The predicted molar refractivity (Wildman–Crippen MR) is 59.7 cm³/mol. The first kappa shape index (κ1) is 12.1. The predicted octanol–water partition coefficient (Wildman–Crippen LogP) is 2.63. The number of ether oxygens (including phenoxy) is 2. The summed E-state index contributed by atoms with van der Waals surface area (Å²) in [7, 11) is 0. The third-order valence-electron chi connectivity index (χ3n) is 1.85. The molecule has 1 N–H and O–H groups in total. The van der Waals surface area contributed by atoms with Crippen molar-refractivity contribution in [3.8, 4) is 11.5 Å². The van der Waals surface area contributed by atoms with Crippen molar-refractivity contribution in [1.29, 1.82) is 0 Å². The molecule has 4 heteroatoms. The van der Waals surface area contributed by atoms with E-state index in [1.54, 1.807) is 12.1 Å². The highest BCUT2D eigenvalue weighted by Crippen LogP contribution is 2.35. The van der Waals surface area contributed by atoms with Crippen molar-refractivity contribution in [2.75, 3.05) is 13.2 Å². The molecule has 1 aromatic carbocycles. The Balaban J connectivity index is 3.08. The topological polar surface area (TPSA) is 38.7 Å². The fraction of sp³-hybridized carbons (Fsp3) is 0.455. The minimum Gasteiger partial charge on any atom is -0.492 e. The van der Waals surface area contributed by atoms with E-state index in [-0.39, 0.29) is 6.61 Å². The van der Waals surface area contributed by atoms with Crippen molar-refractivity contribution in [2.45, 2.75) is 20.5 Å². The molecule has 0 radical (unpaired) electrons. The van der Waals surface area contributed by atoms with Crippen LogP contribution in [0.1, 0.15) is 19.4 Å². The summed E-state index contributed by atoms with van der Waals surface area (Å²) in [6, 6.07) is 3.43. The van der Waals surface area contributed by atoms with Gasteiger partial charge in [-0.2, -0.15) is 0 Å². The van der Waals surface area contributed by atoms with Gasteiger partial charge < -0.3 is 14.6 Å². The Hall–Kier alpha value is -0.930. The zero-order valence-corrected chi connectivity index (χ0v) is 9.67. The van der Waals surface area contributed by atoms with Gasteiger partial charge in [-0.3, -0.25) is 0 Å². The Bertz CT molecular complexity index is 299. The lowest BCUT2D eigenvalue weighted by molar-refractivity contribution is 0.277. The molecule has 0 aromatic heterocycles. The van der Waals surface area contributed by atoms with Crippen LogP contribution in [-0.4, -0.2) is 18.3 Å². The highest BCUT2D eigenvalue weighted by Gasteiger charge is 2.10. The zero-order chi connectivity index (χ0) is 11.3. The van der Waals surface area contributed by atoms with Crippen LogP contribution in [0.4, 0.5) is 0 Å². The lowest BCUT2D eigenvalue weighted by Crippen LogP contribution is -1.98. The van der Waals surface area contributed by atoms with E-state index in [1.165, 1.54) is 0 Å². The number of aliphatic hydroxyl groups excluding tert-OH is 1. The molecule has 0 aliphatic carbocycles. The number of hydrogen-bond acceptors (Lipinski definition) is 3. The van der Waals surface area contributed by atoms with Gasteiger partial charge in [-0.15, -0.1) is 0 Å². The van der Waals surface area contributed by atoms with Gasteiger partial charge in [-0.1, -0.05) is 11.6 Å². The first-order valence-corrected chi connectivity index (χ1v) is 5.29. The molecule has 3 nitrogen and oxygen atoms in total. The maximum Gasteiger partial charge on any atom is 0.142 e. The molecule has 0 aliphatic heterocycles. The molecule has 15 heavy (non-hydrogen) atoms. The molecular formula is C11H15ClO3. The summed E-state index contributed by atoms with van der Waals surface area (Å²) in [5.74, 6) is 1.10. The second kappa shape index (κ2) is 5.83. The Morgan fingerprint density at radius 3 is 1.93 bits per heavy atom. The van der Waals surface area contributed by atoms with Crippen molar-refractivity contribution < 1.29 is 14.6 Å². The number of hydrogen-bond donors (Lipinski definition) is 1. The lowest BCUT2D eigenvalue weighted by Gasteiger charge is -2.12. The van der Waals surface area contributed by atoms with E-state index in [4.69, 9.17) is 26.2 Å². The van der Waals surface area contributed by atoms with Crippen LogP contribution in [0.25, 0.3) is 0 Å². The molecule has 0 unspecified atom stereocenters. The summed E-state index contributed by atoms with van der Waals surface area (Å²) in [6.07, 6.45) is 0. The van der Waals surface area contributed by atoms with E-state index >= 15 is 0 Å². The van der Waals surface area contributed by atoms with E-state index in [0.717, 1.165) is 5.56 Å². The molecule has 0 fully saturated rings. The number of benzene rings is 1. The molecule has 1 aromatic rings. The van der Waals surface area contributed by atoms with Crippen molar-refractivity contribution in [2.24, 2.45) is 0 Å². The number of halogens is 1. The molecule has 1 rings (SSSR count). The van der Waals surface area contributed by atoms with Crippen LogP contribution in [0.15, 0.2) is 12.1 Å². The van der Waals surface area contributed by atoms with Gasteiger partial charge in [-0.05, 0) is 31.5 Å². The quantitative estimate of drug-likeness (QED) is 0.845. The average molecular weight is 231 g/mol. The third kappa shape index (κ3) is 3.01. The monoisotopic (exact) mass is 230 g/mol. The Morgan fingerprint density at radius 2 is 1.60 bits per heavy atom. The molecule has 0 atom stereocenters. The van der Waals surface area contributed by atoms with Crippen molar-refractivity contribution in [3.63, 3.8) is 0 Å². The largest absolute Gasteiger partial charge is 0.492 e. The normalized spacial score (nSPS) is 10.1. The van der Waals surface area contributed by atoms with Gasteiger partial charge in [0.2, 0.25) is 0 Å². The van der Waals surface area contributed by atoms with E-state index < -0.39 is 0 Å². The standard InChI is InChI=1S/C11H15ClO3/c1-3-14-9-5-8(7-13)6-10(11(9)12)15-4-2/h5-6,13H,3-4,7H2,1-2H3. The molecule has 84 valence electrons. The molecule has 0 saturated carbocycles. The maximum atomic E-state index is 9.06. The third-order valence-corrected chi connectivity index (χ3v) is 2.22. The van der Waals surface area contributed by atoms with Crippen LogP contribution >= 0.6 is 11.6 Å². The van der Waals surface area contributed by atoms with Crippen LogP contribution in [0.3, 0.4) is 0 Å². The van der Waals surface area contributed by atoms with Crippen LogP contribution in [-0.2, 0) is 6.61 Å². The molecular weight excluding hydrogens is 216 g/mol. The SMILES string of the molecule is CCOc1cc(CO)cc(OCC)c1Cl. The van der Waals surface area contributed by atoms with Crippen LogP contribution in [0.2, 0.25) is 5.02 Å². The number of aliphatic hydroxyl groups is 1. The summed E-state index contributed by atoms with van der Waals surface area (Å²) in [5.41, 5.74) is 0.728. The smallest absolute Gasteiger partial charge is 0.142 e. The Labute approximate surface area is 94.6 Å². The average Bonchev–Trinajstić information content (AvgIpc) is 2.24. The van der Waals surface area contributed by atoms with E-state index in [0.29, 0.717) is 29.7 Å². The molecule has 0 heterocycles. The first-order chi connectivity index (χ1) is 7.22. The van der Waals surface area contributed by atoms with Gasteiger partial charge in [0.15, 0.2) is 0 Å².